The van der Waals surface area contributed by atoms with Crippen molar-refractivity contribution in [3.63, 3.8) is 0 Å². The lowest BCUT2D eigenvalue weighted by Crippen LogP contribution is -2.27. The number of aromatic amines is 1. The molecule has 0 saturated heterocycles. The summed E-state index contributed by atoms with van der Waals surface area (Å²) in [6, 6.07) is 6.14. The van der Waals surface area contributed by atoms with E-state index < -0.39 is 0 Å². The first kappa shape index (κ1) is 12.6. The Kier molecular flexibility index (Phi) is 3.53. The molecule has 3 rings (SSSR count). The second kappa shape index (κ2) is 5.31. The molecule has 0 bridgehead atoms. The Balaban J connectivity index is 1.77. The van der Waals surface area contributed by atoms with Crippen molar-refractivity contribution in [1.29, 1.82) is 0 Å². The third-order valence-corrected chi connectivity index (χ3v) is 4.83. The monoisotopic (exact) mass is 274 g/mol. The van der Waals surface area contributed by atoms with Crippen LogP contribution in [0.5, 0.6) is 0 Å². The lowest BCUT2D eigenvalue weighted by Gasteiger charge is -2.26. The van der Waals surface area contributed by atoms with Crippen molar-refractivity contribution in [2.45, 2.75) is 38.8 Å². The van der Waals surface area contributed by atoms with Crippen LogP contribution in [0.15, 0.2) is 28.4 Å². The number of nitrogens with one attached hydrogen (secondary N) is 2. The van der Waals surface area contributed by atoms with E-state index in [-0.39, 0.29) is 5.56 Å². The first-order valence-corrected chi connectivity index (χ1v) is 7.60. The molecular weight excluding hydrogens is 256 g/mol. The minimum Gasteiger partial charge on any atom is -0.326 e. The van der Waals surface area contributed by atoms with Crippen LogP contribution in [0.1, 0.15) is 40.6 Å². The fourth-order valence-corrected chi connectivity index (χ4v) is 3.57. The number of pyridine rings is 1. The second-order valence-electron chi connectivity index (χ2n) is 5.11. The summed E-state index contributed by atoms with van der Waals surface area (Å²) < 4.78 is 0. The van der Waals surface area contributed by atoms with Gasteiger partial charge < -0.3 is 10.3 Å². The van der Waals surface area contributed by atoms with Crippen LogP contribution in [0, 0.1) is 6.92 Å². The molecule has 1 unspecified atom stereocenters. The second-order valence-corrected chi connectivity index (χ2v) is 6.11. The van der Waals surface area contributed by atoms with Gasteiger partial charge in [-0.15, -0.1) is 11.3 Å². The van der Waals surface area contributed by atoms with Crippen molar-refractivity contribution in [3.8, 4) is 0 Å². The van der Waals surface area contributed by atoms with Crippen LogP contribution in [0.4, 0.5) is 0 Å². The van der Waals surface area contributed by atoms with Crippen LogP contribution in [0.25, 0.3) is 0 Å². The molecule has 0 spiro atoms. The average Bonchev–Trinajstić information content (AvgIpc) is 2.81. The zero-order valence-corrected chi connectivity index (χ0v) is 11.8. The molecule has 2 heterocycles. The maximum Gasteiger partial charge on any atom is 0.248 e. The molecule has 4 heteroatoms. The number of rotatable bonds is 3. The minimum absolute atomic E-state index is 0.00787. The molecule has 0 fully saturated rings. The summed E-state index contributed by atoms with van der Waals surface area (Å²) in [5, 5.41) is 5.77. The van der Waals surface area contributed by atoms with Gasteiger partial charge in [-0.05, 0) is 48.8 Å². The van der Waals surface area contributed by atoms with E-state index in [1.807, 2.05) is 6.07 Å². The van der Waals surface area contributed by atoms with Crippen molar-refractivity contribution in [3.05, 3.63) is 55.6 Å². The molecular formula is C15H18N2OS. The number of aromatic nitrogens is 1. The van der Waals surface area contributed by atoms with Gasteiger partial charge in [-0.1, -0.05) is 6.07 Å². The number of thiophene rings is 1. The van der Waals surface area contributed by atoms with Crippen LogP contribution in [0.3, 0.4) is 0 Å². The number of fused-ring (bicyclic) bond motifs is 1. The summed E-state index contributed by atoms with van der Waals surface area (Å²) in [7, 11) is 0. The Labute approximate surface area is 116 Å². The van der Waals surface area contributed by atoms with Crippen molar-refractivity contribution in [2.75, 3.05) is 0 Å². The summed E-state index contributed by atoms with van der Waals surface area (Å²) in [6.07, 6.45) is 3.26. The zero-order chi connectivity index (χ0) is 13.2. The van der Waals surface area contributed by atoms with E-state index in [9.17, 15) is 4.79 Å². The maximum atomic E-state index is 11.4. The van der Waals surface area contributed by atoms with E-state index in [0.29, 0.717) is 6.04 Å². The van der Waals surface area contributed by atoms with Crippen LogP contribution >= 0.6 is 11.3 Å². The Morgan fingerprint density at radius 3 is 3.11 bits per heavy atom. The molecule has 1 atom stereocenters. The molecule has 1 aliphatic carbocycles. The van der Waals surface area contributed by atoms with Gasteiger partial charge in [0.15, 0.2) is 0 Å². The van der Waals surface area contributed by atoms with Gasteiger partial charge in [0.2, 0.25) is 5.56 Å². The summed E-state index contributed by atoms with van der Waals surface area (Å²) in [4.78, 5) is 15.7. The molecule has 100 valence electrons. The number of hydrogen-bond donors (Lipinski definition) is 2. The smallest absolute Gasteiger partial charge is 0.248 e. The highest BCUT2D eigenvalue weighted by molar-refractivity contribution is 7.10. The third kappa shape index (κ3) is 2.65. The SMILES string of the molecule is Cc1ccsc1CNC1CCCc2[nH]c(=O)ccc21. The average molecular weight is 274 g/mol. The standard InChI is InChI=1S/C15H18N2OS/c1-10-7-8-19-14(10)9-16-12-3-2-4-13-11(12)5-6-15(18)17-13/h5-8,12,16H,2-4,9H2,1H3,(H,17,18). The highest BCUT2D eigenvalue weighted by Crippen LogP contribution is 2.28. The van der Waals surface area contributed by atoms with Crippen LogP contribution in [-0.2, 0) is 13.0 Å². The predicted molar refractivity (Wildman–Crippen MR) is 78.6 cm³/mol. The summed E-state index contributed by atoms with van der Waals surface area (Å²) in [6.45, 7) is 3.06. The van der Waals surface area contributed by atoms with Gasteiger partial charge in [0, 0.05) is 29.2 Å². The molecule has 2 aromatic rings. The van der Waals surface area contributed by atoms with Gasteiger partial charge in [-0.2, -0.15) is 0 Å². The minimum atomic E-state index is 0.00787. The van der Waals surface area contributed by atoms with Crippen LogP contribution in [-0.4, -0.2) is 4.98 Å². The highest BCUT2D eigenvalue weighted by atomic mass is 32.1. The molecule has 1 aliphatic rings. The van der Waals surface area contributed by atoms with Gasteiger partial charge in [-0.25, -0.2) is 0 Å². The summed E-state index contributed by atoms with van der Waals surface area (Å²) in [5.74, 6) is 0. The normalized spacial score (nSPS) is 18.3. The van der Waals surface area contributed by atoms with Gasteiger partial charge in [-0.3, -0.25) is 4.79 Å². The Bertz CT molecular complexity index is 629. The van der Waals surface area contributed by atoms with Gasteiger partial charge in [0.1, 0.15) is 0 Å². The van der Waals surface area contributed by atoms with E-state index in [1.54, 1.807) is 17.4 Å². The number of aryl methyl sites for hydroxylation is 2. The van der Waals surface area contributed by atoms with Gasteiger partial charge in [0.05, 0.1) is 0 Å². The molecule has 2 N–H and O–H groups in total. The first-order chi connectivity index (χ1) is 9.24. The van der Waals surface area contributed by atoms with Gasteiger partial charge >= 0.3 is 0 Å². The van der Waals surface area contributed by atoms with Crippen molar-refractivity contribution < 1.29 is 0 Å². The summed E-state index contributed by atoms with van der Waals surface area (Å²) >= 11 is 1.80. The van der Waals surface area contributed by atoms with E-state index >= 15 is 0 Å². The molecule has 2 aromatic heterocycles. The van der Waals surface area contributed by atoms with Crippen LogP contribution in [0.2, 0.25) is 0 Å². The molecule has 0 saturated carbocycles. The van der Waals surface area contributed by atoms with E-state index in [2.05, 4.69) is 28.7 Å². The highest BCUT2D eigenvalue weighted by Gasteiger charge is 2.20. The van der Waals surface area contributed by atoms with Crippen molar-refractivity contribution in [2.24, 2.45) is 0 Å². The van der Waals surface area contributed by atoms with Crippen LogP contribution < -0.4 is 10.9 Å². The lowest BCUT2D eigenvalue weighted by molar-refractivity contribution is 0.455. The predicted octanol–water partition coefficient (Wildman–Crippen LogP) is 2.91. The zero-order valence-electron chi connectivity index (χ0n) is 11.0. The number of hydrogen-bond acceptors (Lipinski definition) is 3. The fraction of sp³-hybridized carbons (Fsp3) is 0.400. The molecule has 0 amide bonds. The Morgan fingerprint density at radius 1 is 1.42 bits per heavy atom. The van der Waals surface area contributed by atoms with Crippen molar-refractivity contribution >= 4 is 11.3 Å². The molecule has 0 radical (unpaired) electrons. The molecule has 0 aromatic carbocycles. The maximum absolute atomic E-state index is 11.4. The molecule has 19 heavy (non-hydrogen) atoms. The third-order valence-electron chi connectivity index (χ3n) is 3.81. The van der Waals surface area contributed by atoms with Crippen molar-refractivity contribution in [1.82, 2.24) is 10.3 Å². The lowest BCUT2D eigenvalue weighted by atomic mass is 9.91. The van der Waals surface area contributed by atoms with E-state index in [1.165, 1.54) is 16.0 Å². The fourth-order valence-electron chi connectivity index (χ4n) is 2.71. The Hall–Kier alpha value is -1.39. The first-order valence-electron chi connectivity index (χ1n) is 6.72. The topological polar surface area (TPSA) is 44.9 Å². The quantitative estimate of drug-likeness (QED) is 0.904. The largest absolute Gasteiger partial charge is 0.326 e. The molecule has 3 nitrogen and oxygen atoms in total. The van der Waals surface area contributed by atoms with E-state index in [4.69, 9.17) is 0 Å². The Morgan fingerprint density at radius 2 is 2.32 bits per heavy atom. The number of H-pyrrole nitrogens is 1. The molecule has 0 aliphatic heterocycles. The summed E-state index contributed by atoms with van der Waals surface area (Å²) in [5.41, 5.74) is 3.74. The van der Waals surface area contributed by atoms with E-state index in [0.717, 1.165) is 31.5 Å². The van der Waals surface area contributed by atoms with Gasteiger partial charge in [0.25, 0.3) is 0 Å².